The van der Waals surface area contributed by atoms with Gasteiger partial charge in [-0.05, 0) is 62.7 Å². The number of rotatable bonds is 8. The van der Waals surface area contributed by atoms with E-state index in [0.29, 0.717) is 41.8 Å². The number of amides is 1. The van der Waals surface area contributed by atoms with Crippen LogP contribution >= 0.6 is 11.6 Å². The number of likely N-dealkylation sites (tertiary alicyclic amines) is 1. The lowest BCUT2D eigenvalue weighted by atomic mass is 9.95. The van der Waals surface area contributed by atoms with Crippen molar-refractivity contribution in [1.82, 2.24) is 10.2 Å². The van der Waals surface area contributed by atoms with Crippen LogP contribution in [0.25, 0.3) is 0 Å². The molecule has 1 amide bonds. The van der Waals surface area contributed by atoms with E-state index in [0.717, 1.165) is 31.5 Å². The third-order valence-corrected chi connectivity index (χ3v) is 5.60. The lowest BCUT2D eigenvalue weighted by molar-refractivity contribution is -0.126. The van der Waals surface area contributed by atoms with E-state index in [-0.39, 0.29) is 17.6 Å². The molecule has 2 aromatic carbocycles. The molecule has 1 heterocycles. The molecule has 0 unspecified atom stereocenters. The fraction of sp³-hybridized carbons (Fsp3) is 0.435. The van der Waals surface area contributed by atoms with Crippen molar-refractivity contribution >= 4 is 17.5 Å². The molecule has 0 radical (unpaired) electrons. The van der Waals surface area contributed by atoms with E-state index in [1.807, 2.05) is 25.1 Å². The van der Waals surface area contributed by atoms with E-state index in [1.165, 1.54) is 6.07 Å². The summed E-state index contributed by atoms with van der Waals surface area (Å²) in [5.41, 5.74) is 1.59. The molecule has 1 aliphatic rings. The molecule has 0 bridgehead atoms. The van der Waals surface area contributed by atoms with Gasteiger partial charge in [-0.1, -0.05) is 23.7 Å². The van der Waals surface area contributed by atoms with Crippen LogP contribution in [-0.2, 0) is 17.9 Å². The van der Waals surface area contributed by atoms with Crippen molar-refractivity contribution in [2.45, 2.75) is 32.9 Å². The van der Waals surface area contributed by atoms with Crippen LogP contribution in [0.4, 0.5) is 4.39 Å². The van der Waals surface area contributed by atoms with Gasteiger partial charge in [-0.15, -0.1) is 0 Å². The Labute approximate surface area is 182 Å². The van der Waals surface area contributed by atoms with Gasteiger partial charge in [0.1, 0.15) is 5.82 Å². The fourth-order valence-electron chi connectivity index (χ4n) is 3.68. The van der Waals surface area contributed by atoms with Crippen molar-refractivity contribution in [3.05, 3.63) is 58.4 Å². The third-order valence-electron chi connectivity index (χ3n) is 5.36. The maximum absolute atomic E-state index is 14.0. The Morgan fingerprint density at radius 1 is 1.20 bits per heavy atom. The van der Waals surface area contributed by atoms with Crippen molar-refractivity contribution in [3.63, 3.8) is 0 Å². The van der Waals surface area contributed by atoms with Gasteiger partial charge < -0.3 is 14.8 Å². The maximum atomic E-state index is 14.0. The SMILES string of the molecule is CCOc1cc(CNC(=O)C2CCN(Cc3ccc(Cl)cc3F)CC2)ccc1OC. The minimum absolute atomic E-state index is 0.0269. The standard InChI is InChI=1S/C23H28ClFN2O3/c1-3-30-22-12-16(4-7-21(22)29-2)14-26-23(28)17-8-10-27(11-9-17)15-18-5-6-19(24)13-20(18)25/h4-7,12-13,17H,3,8-11,14-15H2,1-2H3,(H,26,28). The van der Waals surface area contributed by atoms with Gasteiger partial charge in [0, 0.05) is 29.6 Å². The Kier molecular flexibility index (Phi) is 7.94. The quantitative estimate of drug-likeness (QED) is 0.668. The first-order valence-corrected chi connectivity index (χ1v) is 10.6. The summed E-state index contributed by atoms with van der Waals surface area (Å²) in [4.78, 5) is 14.8. The molecule has 0 aromatic heterocycles. The molecule has 1 fully saturated rings. The molecule has 5 nitrogen and oxygen atoms in total. The predicted octanol–water partition coefficient (Wildman–Crippen LogP) is 4.41. The zero-order valence-electron chi connectivity index (χ0n) is 17.4. The molecule has 1 aliphatic heterocycles. The van der Waals surface area contributed by atoms with E-state index >= 15 is 0 Å². The maximum Gasteiger partial charge on any atom is 0.223 e. The van der Waals surface area contributed by atoms with Crippen molar-refractivity contribution in [2.75, 3.05) is 26.8 Å². The highest BCUT2D eigenvalue weighted by Crippen LogP contribution is 2.28. The summed E-state index contributed by atoms with van der Waals surface area (Å²) in [6.45, 7) is 4.96. The minimum Gasteiger partial charge on any atom is -0.493 e. The van der Waals surface area contributed by atoms with E-state index in [9.17, 15) is 9.18 Å². The number of nitrogens with one attached hydrogen (secondary N) is 1. The van der Waals surface area contributed by atoms with Gasteiger partial charge in [0.15, 0.2) is 11.5 Å². The van der Waals surface area contributed by atoms with Crippen LogP contribution in [0.1, 0.15) is 30.9 Å². The second-order valence-corrected chi connectivity index (χ2v) is 7.86. The topological polar surface area (TPSA) is 50.8 Å². The zero-order valence-corrected chi connectivity index (χ0v) is 18.2. The lowest BCUT2D eigenvalue weighted by Crippen LogP contribution is -2.40. The Morgan fingerprint density at radius 2 is 1.97 bits per heavy atom. The highest BCUT2D eigenvalue weighted by molar-refractivity contribution is 6.30. The summed E-state index contributed by atoms with van der Waals surface area (Å²) in [5.74, 6) is 1.10. The van der Waals surface area contributed by atoms with Crippen LogP contribution in [0.3, 0.4) is 0 Å². The van der Waals surface area contributed by atoms with E-state index in [2.05, 4.69) is 10.2 Å². The van der Waals surface area contributed by atoms with Gasteiger partial charge in [-0.2, -0.15) is 0 Å². The number of benzene rings is 2. The molecule has 0 atom stereocenters. The number of piperidine rings is 1. The number of hydrogen-bond donors (Lipinski definition) is 1. The molecule has 162 valence electrons. The Morgan fingerprint density at radius 3 is 2.63 bits per heavy atom. The molecule has 3 rings (SSSR count). The van der Waals surface area contributed by atoms with Crippen LogP contribution in [0.2, 0.25) is 5.02 Å². The van der Waals surface area contributed by atoms with E-state index in [1.54, 1.807) is 19.2 Å². The summed E-state index contributed by atoms with van der Waals surface area (Å²) < 4.78 is 24.9. The summed E-state index contributed by atoms with van der Waals surface area (Å²) in [6.07, 6.45) is 1.52. The molecular weight excluding hydrogens is 407 g/mol. The molecule has 7 heteroatoms. The first-order valence-electron chi connectivity index (χ1n) is 10.2. The lowest BCUT2D eigenvalue weighted by Gasteiger charge is -2.31. The predicted molar refractivity (Wildman–Crippen MR) is 115 cm³/mol. The molecule has 2 aromatic rings. The van der Waals surface area contributed by atoms with E-state index < -0.39 is 0 Å². The van der Waals surface area contributed by atoms with Crippen LogP contribution in [0, 0.1) is 11.7 Å². The highest BCUT2D eigenvalue weighted by atomic mass is 35.5. The third kappa shape index (κ3) is 5.86. The van der Waals surface area contributed by atoms with Crippen molar-refractivity contribution < 1.29 is 18.7 Å². The molecule has 30 heavy (non-hydrogen) atoms. The van der Waals surface area contributed by atoms with Crippen LogP contribution in [0.15, 0.2) is 36.4 Å². The first kappa shape index (κ1) is 22.4. The van der Waals surface area contributed by atoms with Crippen LogP contribution in [-0.4, -0.2) is 37.6 Å². The minimum atomic E-state index is -0.284. The summed E-state index contributed by atoms with van der Waals surface area (Å²) in [5, 5.41) is 3.43. The van der Waals surface area contributed by atoms with Crippen LogP contribution < -0.4 is 14.8 Å². The molecule has 1 saturated heterocycles. The second kappa shape index (κ2) is 10.6. The number of carbonyl (C=O) groups excluding carboxylic acids is 1. The van der Waals surface area contributed by atoms with Crippen molar-refractivity contribution in [2.24, 2.45) is 5.92 Å². The van der Waals surface area contributed by atoms with Gasteiger partial charge in [-0.25, -0.2) is 4.39 Å². The zero-order chi connectivity index (χ0) is 21.5. The van der Waals surface area contributed by atoms with Gasteiger partial charge in [0.2, 0.25) is 5.91 Å². The molecule has 1 N–H and O–H groups in total. The number of methoxy groups -OCH3 is 1. The summed E-state index contributed by atoms with van der Waals surface area (Å²) in [7, 11) is 1.60. The van der Waals surface area contributed by atoms with E-state index in [4.69, 9.17) is 21.1 Å². The Bertz CT molecular complexity index is 870. The molecule has 0 spiro atoms. The number of carbonyl (C=O) groups is 1. The number of ether oxygens (including phenoxy) is 2. The van der Waals surface area contributed by atoms with Gasteiger partial charge in [0.05, 0.1) is 13.7 Å². The molecular formula is C23H28ClFN2O3. The average Bonchev–Trinajstić information content (AvgIpc) is 2.75. The monoisotopic (exact) mass is 434 g/mol. The normalized spacial score (nSPS) is 15.1. The van der Waals surface area contributed by atoms with Crippen molar-refractivity contribution in [3.8, 4) is 11.5 Å². The highest BCUT2D eigenvalue weighted by Gasteiger charge is 2.25. The number of halogens is 2. The summed E-state index contributed by atoms with van der Waals surface area (Å²) >= 11 is 5.82. The molecule has 0 saturated carbocycles. The number of hydrogen-bond acceptors (Lipinski definition) is 4. The summed E-state index contributed by atoms with van der Waals surface area (Å²) in [6, 6.07) is 10.4. The molecule has 0 aliphatic carbocycles. The first-order chi connectivity index (χ1) is 14.5. The Balaban J connectivity index is 1.48. The van der Waals surface area contributed by atoms with Gasteiger partial charge >= 0.3 is 0 Å². The second-order valence-electron chi connectivity index (χ2n) is 7.42. The Hall–Kier alpha value is -2.31. The van der Waals surface area contributed by atoms with Crippen molar-refractivity contribution in [1.29, 1.82) is 0 Å². The number of nitrogens with zero attached hydrogens (tertiary/aromatic N) is 1. The largest absolute Gasteiger partial charge is 0.493 e. The fourth-order valence-corrected chi connectivity index (χ4v) is 3.84. The van der Waals surface area contributed by atoms with Gasteiger partial charge in [-0.3, -0.25) is 9.69 Å². The van der Waals surface area contributed by atoms with Crippen LogP contribution in [0.5, 0.6) is 11.5 Å². The smallest absolute Gasteiger partial charge is 0.223 e. The average molecular weight is 435 g/mol. The van der Waals surface area contributed by atoms with Gasteiger partial charge in [0.25, 0.3) is 0 Å².